The standard InChI is InChI=1S/C26H20ClN5O4/c1-14-21(23(33)29-16-12-10-15(11-13-16)24(34)35)22(17-6-2-3-7-18(17)27)31-25(28-14)32-26-30-19-8-4-5-9-20(19)36-26/h2-13,22H,1H3,(H,29,33)(H,34,35)(H2,28,30,31,32). The van der Waals surface area contributed by atoms with Crippen LogP contribution >= 0.6 is 11.6 Å². The van der Waals surface area contributed by atoms with Crippen molar-refractivity contribution in [2.75, 3.05) is 10.6 Å². The second-order valence-electron chi connectivity index (χ2n) is 8.01. The van der Waals surface area contributed by atoms with Crippen LogP contribution in [0.5, 0.6) is 0 Å². The number of guanidine groups is 1. The van der Waals surface area contributed by atoms with Crippen LogP contribution in [0.4, 0.5) is 11.7 Å². The third kappa shape index (κ3) is 4.64. The van der Waals surface area contributed by atoms with Crippen molar-refractivity contribution in [3.8, 4) is 0 Å². The molecular formula is C26H20ClN5O4. The summed E-state index contributed by atoms with van der Waals surface area (Å²) in [7, 11) is 0. The number of hydrogen-bond donors (Lipinski definition) is 4. The molecule has 0 fully saturated rings. The zero-order valence-electron chi connectivity index (χ0n) is 18.9. The van der Waals surface area contributed by atoms with Gasteiger partial charge in [0.1, 0.15) is 11.6 Å². The summed E-state index contributed by atoms with van der Waals surface area (Å²) in [5.74, 6) is -1.11. The van der Waals surface area contributed by atoms with Gasteiger partial charge in [-0.25, -0.2) is 9.79 Å². The van der Waals surface area contributed by atoms with E-state index < -0.39 is 17.9 Å². The van der Waals surface area contributed by atoms with Crippen molar-refractivity contribution >= 4 is 52.2 Å². The number of anilines is 2. The maximum atomic E-state index is 13.4. The monoisotopic (exact) mass is 501 g/mol. The number of fused-ring (bicyclic) bond motifs is 1. The first-order valence-electron chi connectivity index (χ1n) is 11.0. The molecule has 5 rings (SSSR count). The highest BCUT2D eigenvalue weighted by molar-refractivity contribution is 6.31. The number of para-hydroxylation sites is 2. The van der Waals surface area contributed by atoms with Gasteiger partial charge in [-0.2, -0.15) is 4.98 Å². The molecule has 1 aliphatic heterocycles. The second-order valence-corrected chi connectivity index (χ2v) is 8.42. The lowest BCUT2D eigenvalue weighted by atomic mass is 9.95. The largest absolute Gasteiger partial charge is 0.478 e. The van der Waals surface area contributed by atoms with Gasteiger partial charge in [0.2, 0.25) is 5.96 Å². The Balaban J connectivity index is 1.46. The zero-order valence-corrected chi connectivity index (χ0v) is 19.7. The second kappa shape index (κ2) is 9.55. The molecule has 2 heterocycles. The van der Waals surface area contributed by atoms with Gasteiger partial charge in [-0.15, -0.1) is 0 Å². The van der Waals surface area contributed by atoms with Crippen LogP contribution in [0.1, 0.15) is 28.9 Å². The van der Waals surface area contributed by atoms with Crippen LogP contribution in [0.2, 0.25) is 5.02 Å². The maximum Gasteiger partial charge on any atom is 0.335 e. The molecule has 9 nitrogen and oxygen atoms in total. The van der Waals surface area contributed by atoms with E-state index in [1.54, 1.807) is 25.1 Å². The molecular weight excluding hydrogens is 482 g/mol. The van der Waals surface area contributed by atoms with Gasteiger partial charge in [0.25, 0.3) is 5.91 Å². The number of carboxylic acids is 1. The van der Waals surface area contributed by atoms with Gasteiger partial charge in [-0.05, 0) is 49.4 Å². The highest BCUT2D eigenvalue weighted by Crippen LogP contribution is 2.35. The first-order valence-corrected chi connectivity index (χ1v) is 11.3. The summed E-state index contributed by atoms with van der Waals surface area (Å²) in [6.07, 6.45) is 0. The van der Waals surface area contributed by atoms with Gasteiger partial charge < -0.3 is 20.2 Å². The topological polar surface area (TPSA) is 129 Å². The number of hydrogen-bond acceptors (Lipinski definition) is 7. The molecule has 4 N–H and O–H groups in total. The van der Waals surface area contributed by atoms with Crippen molar-refractivity contribution in [1.82, 2.24) is 10.3 Å². The van der Waals surface area contributed by atoms with E-state index in [-0.39, 0.29) is 11.6 Å². The van der Waals surface area contributed by atoms with Gasteiger partial charge >= 0.3 is 12.0 Å². The molecule has 10 heteroatoms. The summed E-state index contributed by atoms with van der Waals surface area (Å²) in [6.45, 7) is 1.76. The summed E-state index contributed by atoms with van der Waals surface area (Å²) < 4.78 is 5.74. The molecule has 1 amide bonds. The minimum Gasteiger partial charge on any atom is -0.478 e. The predicted molar refractivity (Wildman–Crippen MR) is 137 cm³/mol. The van der Waals surface area contributed by atoms with E-state index in [2.05, 4.69) is 20.9 Å². The maximum absolute atomic E-state index is 13.4. The Morgan fingerprint density at radius 1 is 1.03 bits per heavy atom. The lowest BCUT2D eigenvalue weighted by Crippen LogP contribution is -2.37. The van der Waals surface area contributed by atoms with Gasteiger partial charge in [0.15, 0.2) is 5.58 Å². The third-order valence-corrected chi connectivity index (χ3v) is 5.94. The van der Waals surface area contributed by atoms with E-state index in [1.165, 1.54) is 24.3 Å². The first kappa shape index (κ1) is 23.1. The lowest BCUT2D eigenvalue weighted by molar-refractivity contribution is -0.113. The number of benzene rings is 3. The number of nitrogens with one attached hydrogen (secondary N) is 3. The quantitative estimate of drug-likeness (QED) is 0.295. The van der Waals surface area contributed by atoms with Crippen LogP contribution in [0.3, 0.4) is 0 Å². The fourth-order valence-electron chi connectivity index (χ4n) is 3.88. The van der Waals surface area contributed by atoms with E-state index in [4.69, 9.17) is 26.1 Å². The van der Waals surface area contributed by atoms with E-state index in [9.17, 15) is 9.59 Å². The highest BCUT2D eigenvalue weighted by Gasteiger charge is 2.31. The SMILES string of the molecule is CC1=C(C(=O)Nc2ccc(C(=O)O)cc2)C(c2ccccc2Cl)N=C(Nc2nc3ccccc3o2)N1. The van der Waals surface area contributed by atoms with Gasteiger partial charge in [0.05, 0.1) is 11.1 Å². The number of oxazole rings is 1. The van der Waals surface area contributed by atoms with Crippen molar-refractivity contribution in [3.63, 3.8) is 0 Å². The van der Waals surface area contributed by atoms with E-state index in [0.29, 0.717) is 44.6 Å². The number of carbonyl (C=O) groups is 2. The Bertz CT molecular complexity index is 1510. The number of nitrogens with zero attached hydrogens (tertiary/aromatic N) is 2. The molecule has 36 heavy (non-hydrogen) atoms. The van der Waals surface area contributed by atoms with Gasteiger partial charge in [-0.1, -0.05) is 41.9 Å². The number of aromatic nitrogens is 1. The molecule has 0 saturated carbocycles. The molecule has 0 aliphatic carbocycles. The van der Waals surface area contributed by atoms with Crippen LogP contribution < -0.4 is 16.0 Å². The zero-order chi connectivity index (χ0) is 25.2. The molecule has 1 aromatic heterocycles. The number of aromatic carboxylic acids is 1. The van der Waals surface area contributed by atoms with E-state index in [1.807, 2.05) is 30.3 Å². The van der Waals surface area contributed by atoms with Crippen LogP contribution in [-0.2, 0) is 4.79 Å². The van der Waals surface area contributed by atoms with Crippen molar-refractivity contribution in [2.24, 2.45) is 4.99 Å². The number of allylic oxidation sites excluding steroid dienone is 1. The van der Waals surface area contributed by atoms with Gasteiger partial charge in [-0.3, -0.25) is 10.1 Å². The fourth-order valence-corrected chi connectivity index (χ4v) is 4.12. The van der Waals surface area contributed by atoms with Crippen molar-refractivity contribution in [2.45, 2.75) is 13.0 Å². The Labute approximate surface area is 210 Å². The summed E-state index contributed by atoms with van der Waals surface area (Å²) >= 11 is 6.49. The molecule has 3 aromatic carbocycles. The Kier molecular flexibility index (Phi) is 6.14. The molecule has 0 bridgehead atoms. The average Bonchev–Trinajstić information content (AvgIpc) is 3.26. The molecule has 0 radical (unpaired) electrons. The fraction of sp³-hybridized carbons (Fsp3) is 0.0769. The Hall–Kier alpha value is -4.63. The predicted octanol–water partition coefficient (Wildman–Crippen LogP) is 5.20. The number of carbonyl (C=O) groups excluding carboxylic acids is 1. The summed E-state index contributed by atoms with van der Waals surface area (Å²) in [6, 6.07) is 20.0. The number of rotatable bonds is 5. The summed E-state index contributed by atoms with van der Waals surface area (Å²) in [5.41, 5.74) is 3.43. The van der Waals surface area contributed by atoms with Crippen LogP contribution in [0, 0.1) is 0 Å². The van der Waals surface area contributed by atoms with E-state index >= 15 is 0 Å². The summed E-state index contributed by atoms with van der Waals surface area (Å²) in [5, 5.41) is 18.5. The van der Waals surface area contributed by atoms with Crippen LogP contribution in [0.15, 0.2) is 93.5 Å². The Morgan fingerprint density at radius 3 is 2.47 bits per heavy atom. The molecule has 180 valence electrons. The average molecular weight is 502 g/mol. The molecule has 1 unspecified atom stereocenters. The number of carboxylic acid groups (broad SMARTS) is 1. The highest BCUT2D eigenvalue weighted by atomic mass is 35.5. The first-order chi connectivity index (χ1) is 17.4. The molecule has 0 saturated heterocycles. The van der Waals surface area contributed by atoms with Gasteiger partial charge in [0, 0.05) is 22.0 Å². The lowest BCUT2D eigenvalue weighted by Gasteiger charge is -2.27. The number of halogens is 1. The third-order valence-electron chi connectivity index (χ3n) is 5.59. The molecule has 1 aliphatic rings. The van der Waals surface area contributed by atoms with Crippen LogP contribution in [0.25, 0.3) is 11.1 Å². The minimum absolute atomic E-state index is 0.121. The minimum atomic E-state index is -1.05. The van der Waals surface area contributed by atoms with Crippen molar-refractivity contribution in [1.29, 1.82) is 0 Å². The smallest absolute Gasteiger partial charge is 0.335 e. The molecule has 4 aromatic rings. The normalized spacial score (nSPS) is 15.3. The number of aliphatic imine (C=N–C) groups is 1. The Morgan fingerprint density at radius 2 is 1.75 bits per heavy atom. The molecule has 0 spiro atoms. The molecule has 1 atom stereocenters. The van der Waals surface area contributed by atoms with E-state index in [0.717, 1.165) is 0 Å². The van der Waals surface area contributed by atoms with Crippen molar-refractivity contribution in [3.05, 3.63) is 100 Å². The number of amides is 1. The summed E-state index contributed by atoms with van der Waals surface area (Å²) in [4.78, 5) is 33.6. The van der Waals surface area contributed by atoms with Crippen molar-refractivity contribution < 1.29 is 19.1 Å². The van der Waals surface area contributed by atoms with Crippen LogP contribution in [-0.4, -0.2) is 27.9 Å².